The maximum atomic E-state index is 11.9. The molecule has 1 N–H and O–H groups in total. The number of aryl methyl sites for hydroxylation is 2. The molecule has 0 bridgehead atoms. The van der Waals surface area contributed by atoms with Crippen LogP contribution in [0.3, 0.4) is 0 Å². The number of esters is 1. The Kier molecular flexibility index (Phi) is 4.37. The van der Waals surface area contributed by atoms with E-state index in [4.69, 9.17) is 4.74 Å². The first-order valence-corrected chi connectivity index (χ1v) is 7.76. The van der Waals surface area contributed by atoms with E-state index >= 15 is 0 Å². The van der Waals surface area contributed by atoms with Crippen molar-refractivity contribution in [2.24, 2.45) is 0 Å². The van der Waals surface area contributed by atoms with Crippen LogP contribution in [-0.2, 0) is 20.3 Å². The van der Waals surface area contributed by atoms with Crippen molar-refractivity contribution in [2.45, 2.75) is 25.9 Å². The van der Waals surface area contributed by atoms with Gasteiger partial charge in [0.25, 0.3) is 0 Å². The zero-order valence-corrected chi connectivity index (χ0v) is 12.3. The molecule has 0 spiro atoms. The molecule has 1 fully saturated rings. The maximum absolute atomic E-state index is 11.9. The summed E-state index contributed by atoms with van der Waals surface area (Å²) in [5.41, 5.74) is 3.42. The Hall–Kier alpha value is -1.20. The number of rotatable bonds is 2. The zero-order chi connectivity index (χ0) is 14.0. The summed E-state index contributed by atoms with van der Waals surface area (Å²) in [6, 6.07) is 5.65. The molecule has 0 aliphatic carbocycles. The molecule has 4 nitrogen and oxygen atoms in total. The molecular weight excluding hydrogens is 262 g/mol. The highest BCUT2D eigenvalue weighted by atomic mass is 32.2. The Balaban J connectivity index is 2.26. The third-order valence-corrected chi connectivity index (χ3v) is 4.81. The van der Waals surface area contributed by atoms with Crippen molar-refractivity contribution in [3.05, 3.63) is 34.9 Å². The Morgan fingerprint density at radius 2 is 2.11 bits per heavy atom. The lowest BCUT2D eigenvalue weighted by Gasteiger charge is -2.30. The van der Waals surface area contributed by atoms with Gasteiger partial charge in [-0.2, -0.15) is 0 Å². The molecule has 1 aliphatic heterocycles. The number of hydrogen-bond donors (Lipinski definition) is 1. The van der Waals surface area contributed by atoms with Crippen LogP contribution < -0.4 is 5.32 Å². The van der Waals surface area contributed by atoms with Crippen LogP contribution in [0.5, 0.6) is 0 Å². The normalized spacial score (nSPS) is 27.0. The van der Waals surface area contributed by atoms with Crippen molar-refractivity contribution in [3.8, 4) is 0 Å². The minimum Gasteiger partial charge on any atom is -0.468 e. The van der Waals surface area contributed by atoms with Gasteiger partial charge in [0.05, 0.1) is 7.11 Å². The van der Waals surface area contributed by atoms with Crippen molar-refractivity contribution in [2.75, 3.05) is 18.6 Å². The summed E-state index contributed by atoms with van der Waals surface area (Å²) in [5.74, 6) is 0.523. The Labute approximate surface area is 116 Å². The first-order chi connectivity index (χ1) is 9.01. The van der Waals surface area contributed by atoms with E-state index in [9.17, 15) is 9.00 Å². The number of ether oxygens (including phenoxy) is 1. The quantitative estimate of drug-likeness (QED) is 0.829. The summed E-state index contributed by atoms with van der Waals surface area (Å²) in [6.07, 6.45) is 0. The Morgan fingerprint density at radius 1 is 1.37 bits per heavy atom. The number of carbonyl (C=O) groups is 1. The number of methoxy groups -OCH3 is 1. The van der Waals surface area contributed by atoms with Gasteiger partial charge in [-0.1, -0.05) is 23.8 Å². The highest BCUT2D eigenvalue weighted by molar-refractivity contribution is 7.85. The van der Waals surface area contributed by atoms with Gasteiger partial charge >= 0.3 is 5.97 Å². The van der Waals surface area contributed by atoms with E-state index < -0.39 is 16.8 Å². The second-order valence-electron chi connectivity index (χ2n) is 4.93. The molecule has 1 aromatic rings. The van der Waals surface area contributed by atoms with Gasteiger partial charge in [0, 0.05) is 28.3 Å². The summed E-state index contributed by atoms with van der Waals surface area (Å²) in [6.45, 7) is 4.06. The number of nitrogens with one attached hydrogen (secondary N) is 1. The molecule has 1 heterocycles. The van der Waals surface area contributed by atoms with E-state index in [1.54, 1.807) is 0 Å². The Bertz CT molecular complexity index is 515. The molecule has 19 heavy (non-hydrogen) atoms. The second kappa shape index (κ2) is 5.84. The molecule has 0 aromatic heterocycles. The van der Waals surface area contributed by atoms with Gasteiger partial charge in [-0.15, -0.1) is 0 Å². The van der Waals surface area contributed by atoms with Gasteiger partial charge in [-0.25, -0.2) is 0 Å². The van der Waals surface area contributed by atoms with E-state index in [-0.39, 0.29) is 12.0 Å². The molecule has 1 aliphatic rings. The average molecular weight is 281 g/mol. The molecule has 3 atom stereocenters. The first-order valence-electron chi connectivity index (χ1n) is 6.27. The minimum absolute atomic E-state index is 0.0569. The summed E-state index contributed by atoms with van der Waals surface area (Å²) in [7, 11) is 0.354. The van der Waals surface area contributed by atoms with E-state index in [2.05, 4.69) is 23.5 Å². The van der Waals surface area contributed by atoms with Crippen LogP contribution >= 0.6 is 0 Å². The van der Waals surface area contributed by atoms with Crippen LogP contribution in [0.4, 0.5) is 0 Å². The monoisotopic (exact) mass is 281 g/mol. The average Bonchev–Trinajstić information content (AvgIpc) is 2.39. The smallest absolute Gasteiger partial charge is 0.323 e. The molecule has 3 unspecified atom stereocenters. The maximum Gasteiger partial charge on any atom is 0.323 e. The molecule has 0 saturated carbocycles. The van der Waals surface area contributed by atoms with E-state index in [1.165, 1.54) is 7.11 Å². The van der Waals surface area contributed by atoms with E-state index in [0.29, 0.717) is 11.5 Å². The fraction of sp³-hybridized carbons (Fsp3) is 0.500. The van der Waals surface area contributed by atoms with Crippen molar-refractivity contribution >= 4 is 16.8 Å². The van der Waals surface area contributed by atoms with E-state index in [0.717, 1.165) is 16.7 Å². The van der Waals surface area contributed by atoms with Gasteiger partial charge < -0.3 is 4.74 Å². The van der Waals surface area contributed by atoms with Crippen LogP contribution in [0, 0.1) is 13.8 Å². The molecule has 104 valence electrons. The van der Waals surface area contributed by atoms with Crippen molar-refractivity contribution in [1.29, 1.82) is 0 Å². The topological polar surface area (TPSA) is 55.4 Å². The van der Waals surface area contributed by atoms with Crippen molar-refractivity contribution in [3.63, 3.8) is 0 Å². The fourth-order valence-corrected chi connectivity index (χ4v) is 3.76. The van der Waals surface area contributed by atoms with Crippen LogP contribution in [0.15, 0.2) is 18.2 Å². The predicted molar refractivity (Wildman–Crippen MR) is 75.5 cm³/mol. The molecule has 2 rings (SSSR count). The highest BCUT2D eigenvalue weighted by Crippen LogP contribution is 2.23. The third-order valence-electron chi connectivity index (χ3n) is 3.40. The highest BCUT2D eigenvalue weighted by Gasteiger charge is 2.32. The van der Waals surface area contributed by atoms with Crippen molar-refractivity contribution in [1.82, 2.24) is 5.32 Å². The van der Waals surface area contributed by atoms with Gasteiger partial charge in [-0.3, -0.25) is 14.3 Å². The lowest BCUT2D eigenvalue weighted by Crippen LogP contribution is -2.50. The van der Waals surface area contributed by atoms with Gasteiger partial charge in [-0.05, 0) is 25.0 Å². The number of hydrogen-bond acceptors (Lipinski definition) is 4. The minimum atomic E-state index is -1.00. The largest absolute Gasteiger partial charge is 0.468 e. The first kappa shape index (κ1) is 14.2. The SMILES string of the molecule is COC(=O)C1CS(=O)CC(c2cc(C)ccc2C)N1. The summed E-state index contributed by atoms with van der Waals surface area (Å²) >= 11 is 0. The van der Waals surface area contributed by atoms with E-state index in [1.807, 2.05) is 13.8 Å². The lowest BCUT2D eigenvalue weighted by atomic mass is 9.99. The molecule has 0 amide bonds. The molecule has 0 radical (unpaired) electrons. The second-order valence-corrected chi connectivity index (χ2v) is 6.47. The lowest BCUT2D eigenvalue weighted by molar-refractivity contribution is -0.142. The number of carbonyl (C=O) groups excluding carboxylic acids is 1. The van der Waals surface area contributed by atoms with Crippen LogP contribution in [0.1, 0.15) is 22.7 Å². The summed E-state index contributed by atoms with van der Waals surface area (Å²) in [4.78, 5) is 11.6. The standard InChI is InChI=1S/C14H19NO3S/c1-9-4-5-10(2)11(6-9)12-7-19(17)8-13(15-12)14(16)18-3/h4-6,12-13,15H,7-8H2,1-3H3. The molecule has 1 aromatic carbocycles. The van der Waals surface area contributed by atoms with Crippen LogP contribution in [0.2, 0.25) is 0 Å². The number of benzene rings is 1. The van der Waals surface area contributed by atoms with Crippen molar-refractivity contribution < 1.29 is 13.7 Å². The summed E-state index contributed by atoms with van der Waals surface area (Å²) in [5, 5.41) is 3.25. The third kappa shape index (κ3) is 3.22. The molecular formula is C14H19NO3S. The Morgan fingerprint density at radius 3 is 2.79 bits per heavy atom. The molecule has 5 heteroatoms. The zero-order valence-electron chi connectivity index (χ0n) is 11.4. The van der Waals surface area contributed by atoms with Crippen LogP contribution in [-0.4, -0.2) is 34.8 Å². The molecule has 1 saturated heterocycles. The fourth-order valence-electron chi connectivity index (χ4n) is 2.37. The van der Waals surface area contributed by atoms with Gasteiger partial charge in [0.1, 0.15) is 6.04 Å². The van der Waals surface area contributed by atoms with Gasteiger partial charge in [0.2, 0.25) is 0 Å². The summed E-state index contributed by atoms with van der Waals surface area (Å²) < 4.78 is 16.7. The van der Waals surface area contributed by atoms with Crippen LogP contribution in [0.25, 0.3) is 0 Å². The van der Waals surface area contributed by atoms with Gasteiger partial charge in [0.15, 0.2) is 0 Å². The predicted octanol–water partition coefficient (Wildman–Crippen LogP) is 1.24.